The van der Waals surface area contributed by atoms with E-state index in [1.54, 1.807) is 36.0 Å². The fourth-order valence-electron chi connectivity index (χ4n) is 2.75. The zero-order valence-electron chi connectivity index (χ0n) is 15.2. The van der Waals surface area contributed by atoms with Crippen molar-refractivity contribution in [1.29, 1.82) is 0 Å². The van der Waals surface area contributed by atoms with Gasteiger partial charge >= 0.3 is 0 Å². The van der Waals surface area contributed by atoms with Crippen molar-refractivity contribution < 1.29 is 9.59 Å². The molecular weight excluding hydrogens is 362 g/mol. The van der Waals surface area contributed by atoms with Crippen molar-refractivity contribution >= 4 is 34.9 Å². The van der Waals surface area contributed by atoms with Gasteiger partial charge in [-0.3, -0.25) is 14.0 Å². The molecule has 7 nitrogen and oxygen atoms in total. The number of hydrogen-bond donors (Lipinski definition) is 2. The van der Waals surface area contributed by atoms with Gasteiger partial charge in [-0.05, 0) is 54.8 Å². The van der Waals surface area contributed by atoms with Gasteiger partial charge in [0.15, 0.2) is 11.5 Å². The first-order valence-electron chi connectivity index (χ1n) is 8.55. The lowest BCUT2D eigenvalue weighted by Crippen LogP contribution is -2.30. The quantitative estimate of drug-likeness (QED) is 0.655. The molecule has 2 aromatic heterocycles. The van der Waals surface area contributed by atoms with Gasteiger partial charge in [-0.1, -0.05) is 6.07 Å². The molecule has 0 aliphatic rings. The highest BCUT2D eigenvalue weighted by atomic mass is 32.2. The Morgan fingerprint density at radius 2 is 1.93 bits per heavy atom. The van der Waals surface area contributed by atoms with E-state index in [2.05, 4.69) is 20.8 Å². The third kappa shape index (κ3) is 4.65. The standard InChI is InChI=1S/C19H21N5O2S/c1-13(25)20-15-8-6-14(7-9-15)19(26)21-16(10-12-27-2)18-23-22-17-5-3-4-11-24(17)18/h3-9,11,16H,10,12H2,1-2H3,(H,20,25)(H,21,26)/t16-/m0/s1. The number of nitrogens with one attached hydrogen (secondary N) is 2. The van der Waals surface area contributed by atoms with Crippen molar-refractivity contribution in [2.75, 3.05) is 17.3 Å². The number of thioether (sulfide) groups is 1. The number of rotatable bonds is 7. The Bertz CT molecular complexity index is 939. The molecule has 2 heterocycles. The van der Waals surface area contributed by atoms with Crippen molar-refractivity contribution in [3.63, 3.8) is 0 Å². The predicted molar refractivity (Wildman–Crippen MR) is 107 cm³/mol. The molecule has 0 radical (unpaired) electrons. The van der Waals surface area contributed by atoms with Crippen LogP contribution in [0.15, 0.2) is 48.7 Å². The van der Waals surface area contributed by atoms with Crippen LogP contribution >= 0.6 is 11.8 Å². The number of carbonyl (C=O) groups excluding carboxylic acids is 2. The van der Waals surface area contributed by atoms with Crippen LogP contribution in [0.25, 0.3) is 5.65 Å². The van der Waals surface area contributed by atoms with Crippen LogP contribution in [-0.4, -0.2) is 38.4 Å². The van der Waals surface area contributed by atoms with E-state index in [0.717, 1.165) is 17.8 Å². The maximum absolute atomic E-state index is 12.7. The van der Waals surface area contributed by atoms with E-state index in [9.17, 15) is 9.59 Å². The van der Waals surface area contributed by atoms with Gasteiger partial charge < -0.3 is 10.6 Å². The van der Waals surface area contributed by atoms with Gasteiger partial charge in [0.25, 0.3) is 5.91 Å². The summed E-state index contributed by atoms with van der Waals surface area (Å²) in [6.07, 6.45) is 4.67. The average Bonchev–Trinajstić information content (AvgIpc) is 3.09. The summed E-state index contributed by atoms with van der Waals surface area (Å²) in [6, 6.07) is 12.2. The number of pyridine rings is 1. The Labute approximate surface area is 161 Å². The summed E-state index contributed by atoms with van der Waals surface area (Å²) >= 11 is 1.71. The van der Waals surface area contributed by atoms with Crippen LogP contribution in [0.3, 0.4) is 0 Å². The van der Waals surface area contributed by atoms with Crippen LogP contribution in [0.4, 0.5) is 5.69 Å². The van der Waals surface area contributed by atoms with E-state index in [0.29, 0.717) is 17.1 Å². The van der Waals surface area contributed by atoms with Gasteiger partial charge in [0.2, 0.25) is 5.91 Å². The molecule has 1 aromatic carbocycles. The second-order valence-electron chi connectivity index (χ2n) is 6.05. The zero-order valence-corrected chi connectivity index (χ0v) is 16.0. The average molecular weight is 383 g/mol. The van der Waals surface area contributed by atoms with Crippen molar-refractivity contribution in [3.8, 4) is 0 Å². The fraction of sp³-hybridized carbons (Fsp3) is 0.263. The molecule has 0 aliphatic heterocycles. The van der Waals surface area contributed by atoms with Crippen LogP contribution in [0.1, 0.15) is 35.6 Å². The SMILES string of the molecule is CSCC[C@H](NC(=O)c1ccc(NC(C)=O)cc1)c1nnc2ccccn12. The van der Waals surface area contributed by atoms with E-state index in [-0.39, 0.29) is 17.9 Å². The molecular formula is C19H21N5O2S. The summed E-state index contributed by atoms with van der Waals surface area (Å²) in [5.41, 5.74) is 1.92. The van der Waals surface area contributed by atoms with Crippen LogP contribution in [-0.2, 0) is 4.79 Å². The first kappa shape index (κ1) is 18.9. The van der Waals surface area contributed by atoms with Crippen molar-refractivity contribution in [2.24, 2.45) is 0 Å². The molecule has 0 saturated carbocycles. The molecule has 0 aliphatic carbocycles. The molecule has 0 bridgehead atoms. The van der Waals surface area contributed by atoms with E-state index >= 15 is 0 Å². The Hall–Kier alpha value is -2.87. The topological polar surface area (TPSA) is 88.4 Å². The molecule has 0 spiro atoms. The fourth-order valence-corrected chi connectivity index (χ4v) is 3.22. The summed E-state index contributed by atoms with van der Waals surface area (Å²) < 4.78 is 1.89. The number of aromatic nitrogens is 3. The molecule has 27 heavy (non-hydrogen) atoms. The molecule has 3 aromatic rings. The van der Waals surface area contributed by atoms with Gasteiger partial charge in [0, 0.05) is 24.4 Å². The van der Waals surface area contributed by atoms with E-state index in [4.69, 9.17) is 0 Å². The smallest absolute Gasteiger partial charge is 0.251 e. The van der Waals surface area contributed by atoms with Crippen LogP contribution in [0, 0.1) is 0 Å². The number of hydrogen-bond acceptors (Lipinski definition) is 5. The first-order valence-corrected chi connectivity index (χ1v) is 9.95. The number of anilines is 1. The molecule has 2 N–H and O–H groups in total. The summed E-state index contributed by atoms with van der Waals surface area (Å²) in [6.45, 7) is 1.44. The lowest BCUT2D eigenvalue weighted by Gasteiger charge is -2.17. The first-order chi connectivity index (χ1) is 13.1. The van der Waals surface area contributed by atoms with Crippen molar-refractivity contribution in [3.05, 3.63) is 60.0 Å². The molecule has 140 valence electrons. The minimum absolute atomic E-state index is 0.150. The lowest BCUT2D eigenvalue weighted by atomic mass is 10.1. The molecule has 2 amide bonds. The summed E-state index contributed by atoms with van der Waals surface area (Å²) in [5, 5.41) is 14.2. The summed E-state index contributed by atoms with van der Waals surface area (Å²) in [7, 11) is 0. The number of carbonyl (C=O) groups is 2. The molecule has 8 heteroatoms. The minimum Gasteiger partial charge on any atom is -0.342 e. The van der Waals surface area contributed by atoms with Crippen molar-refractivity contribution in [2.45, 2.75) is 19.4 Å². The number of amides is 2. The Morgan fingerprint density at radius 3 is 2.63 bits per heavy atom. The van der Waals surface area contributed by atoms with Crippen LogP contribution < -0.4 is 10.6 Å². The van der Waals surface area contributed by atoms with Gasteiger partial charge in [0.05, 0.1) is 6.04 Å². The Morgan fingerprint density at radius 1 is 1.15 bits per heavy atom. The minimum atomic E-state index is -0.252. The number of fused-ring (bicyclic) bond motifs is 1. The number of nitrogens with zero attached hydrogens (tertiary/aromatic N) is 3. The van der Waals surface area contributed by atoms with E-state index in [1.807, 2.05) is 35.1 Å². The third-order valence-corrected chi connectivity index (χ3v) is 4.68. The molecule has 0 unspecified atom stereocenters. The van der Waals surface area contributed by atoms with E-state index < -0.39 is 0 Å². The van der Waals surface area contributed by atoms with Gasteiger partial charge in [-0.25, -0.2) is 0 Å². The highest BCUT2D eigenvalue weighted by molar-refractivity contribution is 7.98. The molecule has 3 rings (SSSR count). The normalized spacial score (nSPS) is 11.9. The molecule has 1 atom stereocenters. The van der Waals surface area contributed by atoms with Gasteiger partial charge in [-0.2, -0.15) is 11.8 Å². The van der Waals surface area contributed by atoms with Crippen LogP contribution in [0.5, 0.6) is 0 Å². The monoisotopic (exact) mass is 383 g/mol. The summed E-state index contributed by atoms with van der Waals surface area (Å²) in [5.74, 6) is 1.25. The number of benzene rings is 1. The predicted octanol–water partition coefficient (Wildman–Crippen LogP) is 2.91. The highest BCUT2D eigenvalue weighted by Gasteiger charge is 2.20. The summed E-state index contributed by atoms with van der Waals surface area (Å²) in [4.78, 5) is 23.8. The second-order valence-corrected chi connectivity index (χ2v) is 7.04. The molecule has 0 fully saturated rings. The largest absolute Gasteiger partial charge is 0.342 e. The molecule has 0 saturated heterocycles. The Kier molecular flexibility index (Phi) is 6.08. The van der Waals surface area contributed by atoms with Gasteiger partial charge in [-0.15, -0.1) is 10.2 Å². The van der Waals surface area contributed by atoms with Crippen molar-refractivity contribution in [1.82, 2.24) is 19.9 Å². The lowest BCUT2D eigenvalue weighted by molar-refractivity contribution is -0.114. The third-order valence-electron chi connectivity index (χ3n) is 4.04. The zero-order chi connectivity index (χ0) is 19.2. The highest BCUT2D eigenvalue weighted by Crippen LogP contribution is 2.19. The van der Waals surface area contributed by atoms with Crippen LogP contribution in [0.2, 0.25) is 0 Å². The maximum Gasteiger partial charge on any atom is 0.251 e. The maximum atomic E-state index is 12.7. The van der Waals surface area contributed by atoms with E-state index in [1.165, 1.54) is 6.92 Å². The van der Waals surface area contributed by atoms with Gasteiger partial charge in [0.1, 0.15) is 0 Å². The second kappa shape index (κ2) is 8.68. The Balaban J connectivity index is 1.79.